The van der Waals surface area contributed by atoms with Crippen LogP contribution in [0.2, 0.25) is 0 Å². The van der Waals surface area contributed by atoms with Crippen molar-refractivity contribution in [2.24, 2.45) is 11.7 Å². The molecule has 1 saturated heterocycles. The Morgan fingerprint density at radius 3 is 2.75 bits per heavy atom. The van der Waals surface area contributed by atoms with Gasteiger partial charge in [-0.2, -0.15) is 0 Å². The monoisotopic (exact) mass is 452 g/mol. The van der Waals surface area contributed by atoms with Crippen molar-refractivity contribution in [2.75, 3.05) is 19.0 Å². The Kier molecular flexibility index (Phi) is 6.09. The summed E-state index contributed by atoms with van der Waals surface area (Å²) < 4.78 is 6.22. The molecular weight excluding hydrogens is 428 g/mol. The van der Waals surface area contributed by atoms with Crippen molar-refractivity contribution in [3.8, 4) is 5.88 Å². The van der Waals surface area contributed by atoms with E-state index in [1.165, 1.54) is 19.4 Å². The molecule has 166 valence electrons. The molecule has 2 aromatic heterocycles. The number of carbonyl (C=O) groups is 3. The summed E-state index contributed by atoms with van der Waals surface area (Å²) in [5.41, 5.74) is 6.50. The van der Waals surface area contributed by atoms with Crippen LogP contribution in [-0.2, 0) is 9.59 Å². The van der Waals surface area contributed by atoms with Crippen LogP contribution in [0.25, 0.3) is 10.1 Å². The Morgan fingerprint density at radius 1 is 1.22 bits per heavy atom. The van der Waals surface area contributed by atoms with Crippen LogP contribution in [0.5, 0.6) is 5.88 Å². The van der Waals surface area contributed by atoms with Gasteiger partial charge in [0, 0.05) is 17.4 Å². The summed E-state index contributed by atoms with van der Waals surface area (Å²) in [7, 11) is 1.34. The maximum absolute atomic E-state index is 13.3. The zero-order valence-corrected chi connectivity index (χ0v) is 18.6. The van der Waals surface area contributed by atoms with Gasteiger partial charge in [-0.15, -0.1) is 11.3 Å². The van der Waals surface area contributed by atoms with Gasteiger partial charge in [0.25, 0.3) is 5.91 Å². The van der Waals surface area contributed by atoms with E-state index in [1.54, 1.807) is 16.2 Å². The number of carbonyl (C=O) groups excluding carboxylic acids is 3. The van der Waals surface area contributed by atoms with Gasteiger partial charge >= 0.3 is 11.8 Å². The number of ether oxygens (including phenoxy) is 1. The zero-order chi connectivity index (χ0) is 22.8. The number of piperidine rings is 1. The van der Waals surface area contributed by atoms with Crippen molar-refractivity contribution in [3.63, 3.8) is 0 Å². The summed E-state index contributed by atoms with van der Waals surface area (Å²) in [5, 5.41) is 5.71. The highest BCUT2D eigenvalue weighted by Gasteiger charge is 2.35. The minimum absolute atomic E-state index is 0.0167. The highest BCUT2D eigenvalue weighted by Crippen LogP contribution is 2.39. The standard InChI is InChI=1S/C23H24N4O4S/c1-13-7-8-17(15-12-32-18-6-4-3-5-14(15)18)27(11-13)23(30)21(29)26-16-9-10-25-22(31-2)19(16)20(24)28/h3-6,9-10,12-13,17H,7-8,11H2,1-2H3,(H2,24,28)(H,25,26,29). The van der Waals surface area contributed by atoms with Gasteiger partial charge in [0.05, 0.1) is 18.8 Å². The molecule has 2 atom stereocenters. The lowest BCUT2D eigenvalue weighted by atomic mass is 9.89. The summed E-state index contributed by atoms with van der Waals surface area (Å²) in [5.74, 6) is -2.04. The number of anilines is 1. The third kappa shape index (κ3) is 4.03. The molecule has 32 heavy (non-hydrogen) atoms. The molecule has 0 radical (unpaired) electrons. The van der Waals surface area contributed by atoms with Crippen molar-refractivity contribution < 1.29 is 19.1 Å². The predicted molar refractivity (Wildman–Crippen MR) is 123 cm³/mol. The molecule has 3 N–H and O–H groups in total. The molecule has 8 nitrogen and oxygen atoms in total. The van der Waals surface area contributed by atoms with Gasteiger partial charge < -0.3 is 20.7 Å². The van der Waals surface area contributed by atoms with E-state index < -0.39 is 17.7 Å². The molecule has 2 unspecified atom stereocenters. The van der Waals surface area contributed by atoms with Crippen LogP contribution in [0, 0.1) is 5.92 Å². The van der Waals surface area contributed by atoms with Gasteiger partial charge in [0.2, 0.25) is 5.88 Å². The van der Waals surface area contributed by atoms with Crippen molar-refractivity contribution in [1.29, 1.82) is 0 Å². The molecule has 9 heteroatoms. The minimum atomic E-state index is -0.834. The number of amides is 3. The number of fused-ring (bicyclic) bond motifs is 1. The van der Waals surface area contributed by atoms with Crippen molar-refractivity contribution in [1.82, 2.24) is 9.88 Å². The van der Waals surface area contributed by atoms with Crippen molar-refractivity contribution in [2.45, 2.75) is 25.8 Å². The second-order valence-corrected chi connectivity index (χ2v) is 8.82. The molecule has 0 aliphatic carbocycles. The third-order valence-corrected chi connectivity index (χ3v) is 6.73. The first kappa shape index (κ1) is 21.8. The first-order valence-electron chi connectivity index (χ1n) is 10.3. The number of pyridine rings is 1. The number of nitrogens with one attached hydrogen (secondary N) is 1. The molecular formula is C23H24N4O4S. The van der Waals surface area contributed by atoms with E-state index in [-0.39, 0.29) is 29.1 Å². The molecule has 0 bridgehead atoms. The lowest BCUT2D eigenvalue weighted by Gasteiger charge is -2.38. The number of benzene rings is 1. The molecule has 3 amide bonds. The minimum Gasteiger partial charge on any atom is -0.480 e. The van der Waals surface area contributed by atoms with Gasteiger partial charge in [-0.05, 0) is 47.2 Å². The van der Waals surface area contributed by atoms with Crippen LogP contribution >= 0.6 is 11.3 Å². The van der Waals surface area contributed by atoms with Gasteiger partial charge in [0.15, 0.2) is 0 Å². The molecule has 3 heterocycles. The van der Waals surface area contributed by atoms with Crippen LogP contribution < -0.4 is 15.8 Å². The molecule has 4 rings (SSSR count). The van der Waals surface area contributed by atoms with E-state index in [0.29, 0.717) is 6.54 Å². The van der Waals surface area contributed by atoms with Crippen LogP contribution in [0.1, 0.15) is 41.7 Å². The highest BCUT2D eigenvalue weighted by molar-refractivity contribution is 7.17. The van der Waals surface area contributed by atoms with E-state index in [2.05, 4.69) is 28.7 Å². The fraction of sp³-hybridized carbons (Fsp3) is 0.304. The van der Waals surface area contributed by atoms with E-state index >= 15 is 0 Å². The van der Waals surface area contributed by atoms with Crippen molar-refractivity contribution in [3.05, 3.63) is 53.0 Å². The van der Waals surface area contributed by atoms with Crippen LogP contribution in [0.15, 0.2) is 41.9 Å². The van der Waals surface area contributed by atoms with E-state index in [1.807, 2.05) is 18.2 Å². The summed E-state index contributed by atoms with van der Waals surface area (Å²) in [4.78, 5) is 43.7. The SMILES string of the molecule is COc1nccc(NC(=O)C(=O)N2CC(C)CCC2c2csc3ccccc23)c1C(N)=O. The van der Waals surface area contributed by atoms with Crippen LogP contribution in [0.3, 0.4) is 0 Å². The molecule has 0 spiro atoms. The van der Waals surface area contributed by atoms with Crippen molar-refractivity contribution >= 4 is 44.8 Å². The highest BCUT2D eigenvalue weighted by atomic mass is 32.1. The second-order valence-electron chi connectivity index (χ2n) is 7.90. The Labute approximate surface area is 189 Å². The lowest BCUT2D eigenvalue weighted by molar-refractivity contribution is -0.146. The average molecular weight is 453 g/mol. The number of nitrogens with zero attached hydrogens (tertiary/aromatic N) is 2. The maximum atomic E-state index is 13.3. The Morgan fingerprint density at radius 2 is 2.00 bits per heavy atom. The number of aromatic nitrogens is 1. The Hall–Kier alpha value is -3.46. The molecule has 1 aromatic carbocycles. The van der Waals surface area contributed by atoms with E-state index in [0.717, 1.165) is 28.5 Å². The fourth-order valence-electron chi connectivity index (χ4n) is 4.20. The number of nitrogens with two attached hydrogens (primary N) is 1. The molecule has 3 aromatic rings. The zero-order valence-electron chi connectivity index (χ0n) is 17.8. The van der Waals surface area contributed by atoms with Gasteiger partial charge in [-0.3, -0.25) is 14.4 Å². The molecule has 0 saturated carbocycles. The number of thiophene rings is 1. The normalized spacial score (nSPS) is 18.4. The first-order valence-corrected chi connectivity index (χ1v) is 11.2. The summed E-state index contributed by atoms with van der Waals surface area (Å²) >= 11 is 1.63. The molecule has 1 fully saturated rings. The number of rotatable bonds is 4. The number of primary amides is 1. The topological polar surface area (TPSA) is 115 Å². The summed E-state index contributed by atoms with van der Waals surface area (Å²) in [6.07, 6.45) is 3.11. The van der Waals surface area contributed by atoms with Crippen LogP contribution in [0.4, 0.5) is 5.69 Å². The summed E-state index contributed by atoms with van der Waals surface area (Å²) in [6.45, 7) is 2.54. The molecule has 1 aliphatic heterocycles. The number of methoxy groups -OCH3 is 1. The van der Waals surface area contributed by atoms with Gasteiger partial charge in [0.1, 0.15) is 5.56 Å². The predicted octanol–water partition coefficient (Wildman–Crippen LogP) is 3.34. The number of hydrogen-bond donors (Lipinski definition) is 2. The fourth-order valence-corrected chi connectivity index (χ4v) is 5.21. The first-order chi connectivity index (χ1) is 15.4. The van der Waals surface area contributed by atoms with E-state index in [4.69, 9.17) is 10.5 Å². The number of hydrogen-bond acceptors (Lipinski definition) is 6. The number of likely N-dealkylation sites (tertiary alicyclic amines) is 1. The average Bonchev–Trinajstić information content (AvgIpc) is 3.22. The quantitative estimate of drug-likeness (QED) is 0.589. The molecule has 1 aliphatic rings. The lowest BCUT2D eigenvalue weighted by Crippen LogP contribution is -2.46. The third-order valence-electron chi connectivity index (χ3n) is 5.75. The maximum Gasteiger partial charge on any atom is 0.313 e. The second kappa shape index (κ2) is 8.96. The Balaban J connectivity index is 1.63. The largest absolute Gasteiger partial charge is 0.480 e. The Bertz CT molecular complexity index is 1190. The van der Waals surface area contributed by atoms with Crippen LogP contribution in [-0.4, -0.2) is 41.3 Å². The summed E-state index contributed by atoms with van der Waals surface area (Å²) in [6, 6.07) is 9.28. The van der Waals surface area contributed by atoms with Gasteiger partial charge in [-0.25, -0.2) is 4.98 Å². The van der Waals surface area contributed by atoms with Gasteiger partial charge in [-0.1, -0.05) is 25.1 Å². The smallest absolute Gasteiger partial charge is 0.313 e. The van der Waals surface area contributed by atoms with E-state index in [9.17, 15) is 14.4 Å².